The number of likely N-dealkylation sites (tertiary alicyclic amines) is 2. The molecule has 2 fully saturated rings. The van der Waals surface area contributed by atoms with Crippen LogP contribution in [0.2, 0.25) is 0 Å². The van der Waals surface area contributed by atoms with Crippen LogP contribution in [0.1, 0.15) is 31.4 Å². The Morgan fingerprint density at radius 3 is 2.41 bits per heavy atom. The fourth-order valence-electron chi connectivity index (χ4n) is 3.72. The average Bonchev–Trinajstić information content (AvgIpc) is 3.58. The lowest BCUT2D eigenvalue weighted by molar-refractivity contribution is -0.137. The first-order valence-electron chi connectivity index (χ1n) is 10.9. The van der Waals surface area contributed by atoms with Gasteiger partial charge in [0.15, 0.2) is 5.57 Å². The first kappa shape index (κ1) is 25.8. The number of hydrogen-bond acceptors (Lipinski definition) is 7. The highest BCUT2D eigenvalue weighted by Gasteiger charge is 2.25. The Morgan fingerprint density at radius 1 is 1.15 bits per heavy atom. The van der Waals surface area contributed by atoms with Gasteiger partial charge >= 0.3 is 0 Å². The van der Waals surface area contributed by atoms with Gasteiger partial charge in [-0.1, -0.05) is 0 Å². The third kappa shape index (κ3) is 6.79. The number of nitrogens with zero attached hydrogens (tertiary/aromatic N) is 4. The van der Waals surface area contributed by atoms with Crippen molar-refractivity contribution in [1.29, 1.82) is 10.5 Å². The molecule has 0 radical (unpaired) electrons. The van der Waals surface area contributed by atoms with Crippen molar-refractivity contribution >= 4 is 28.5 Å². The summed E-state index contributed by atoms with van der Waals surface area (Å²) in [6.07, 6.45) is 11.7. The molecule has 0 unspecified atom stereocenters. The van der Waals surface area contributed by atoms with E-state index in [0.717, 1.165) is 55.6 Å². The number of nitrogens with one attached hydrogen (secondary N) is 1. The lowest BCUT2D eigenvalue weighted by Crippen LogP contribution is -2.39. The lowest BCUT2D eigenvalue weighted by atomic mass is 10.2. The number of nitrogens with two attached hydrogens (primary N) is 1. The normalized spacial score (nSPS) is 14.2. The molecular formula is C25H28N6O3. The van der Waals surface area contributed by atoms with Crippen molar-refractivity contribution in [1.82, 2.24) is 9.80 Å². The van der Waals surface area contributed by atoms with E-state index in [9.17, 15) is 9.59 Å². The molecule has 2 aromatic rings. The summed E-state index contributed by atoms with van der Waals surface area (Å²) in [6.45, 7) is 4.68. The van der Waals surface area contributed by atoms with Gasteiger partial charge in [-0.2, -0.15) is 10.5 Å². The van der Waals surface area contributed by atoms with E-state index in [0.29, 0.717) is 18.7 Å². The first-order valence-corrected chi connectivity index (χ1v) is 10.9. The quantitative estimate of drug-likeness (QED) is 0.528. The van der Waals surface area contributed by atoms with Gasteiger partial charge in [-0.15, -0.1) is 12.8 Å². The average molecular weight is 461 g/mol. The molecule has 1 aromatic heterocycles. The van der Waals surface area contributed by atoms with E-state index < -0.39 is 0 Å². The second-order valence-electron chi connectivity index (χ2n) is 7.75. The van der Waals surface area contributed by atoms with Gasteiger partial charge in [0, 0.05) is 37.1 Å². The van der Waals surface area contributed by atoms with Crippen LogP contribution in [0, 0.1) is 42.4 Å². The molecule has 0 saturated carbocycles. The first-order chi connectivity index (χ1) is 16.4. The molecule has 176 valence electrons. The number of carbonyl (C=O) groups is 2. The van der Waals surface area contributed by atoms with Gasteiger partial charge in [-0.25, -0.2) is 0 Å². The standard InChI is InChI=1S/C13H10N4O.C10H16N2O2.C2H2/c1-8-4-9-5-11(2-3-12(9)18-8)17-13(16)10(6-14)7-15;13-9-4-3-7-12(9)8-10(14)11-5-1-2-6-11;1-2/h2-5,17H,16H2,1H3;1-8H2;1-2H. The molecule has 9 nitrogen and oxygen atoms in total. The van der Waals surface area contributed by atoms with Crippen LogP contribution in [0.3, 0.4) is 0 Å². The van der Waals surface area contributed by atoms with Crippen molar-refractivity contribution in [2.45, 2.75) is 32.6 Å². The van der Waals surface area contributed by atoms with Crippen molar-refractivity contribution in [3.63, 3.8) is 0 Å². The second-order valence-corrected chi connectivity index (χ2v) is 7.75. The number of terminal acetylenes is 1. The molecule has 0 aliphatic carbocycles. The zero-order valence-electron chi connectivity index (χ0n) is 19.2. The maximum Gasteiger partial charge on any atom is 0.242 e. The number of rotatable bonds is 4. The fraction of sp³-hybridized carbons (Fsp3) is 0.360. The minimum Gasteiger partial charge on any atom is -0.461 e. The van der Waals surface area contributed by atoms with Crippen LogP contribution in [-0.2, 0) is 9.59 Å². The highest BCUT2D eigenvalue weighted by molar-refractivity contribution is 5.86. The molecule has 3 heterocycles. The minimum absolute atomic E-state index is 0.0413. The van der Waals surface area contributed by atoms with Gasteiger partial charge in [0.2, 0.25) is 11.8 Å². The minimum atomic E-state index is -0.140. The largest absolute Gasteiger partial charge is 0.461 e. The summed E-state index contributed by atoms with van der Waals surface area (Å²) in [4.78, 5) is 26.5. The number of furan rings is 1. The van der Waals surface area contributed by atoms with E-state index in [1.54, 1.807) is 29.2 Å². The van der Waals surface area contributed by atoms with E-state index in [1.165, 1.54) is 0 Å². The predicted molar refractivity (Wildman–Crippen MR) is 129 cm³/mol. The van der Waals surface area contributed by atoms with Gasteiger partial charge in [0.1, 0.15) is 29.3 Å². The molecule has 9 heteroatoms. The third-order valence-electron chi connectivity index (χ3n) is 5.37. The van der Waals surface area contributed by atoms with E-state index >= 15 is 0 Å². The van der Waals surface area contributed by atoms with Crippen LogP contribution in [0.4, 0.5) is 5.69 Å². The lowest BCUT2D eigenvalue weighted by Gasteiger charge is -2.20. The highest BCUT2D eigenvalue weighted by atomic mass is 16.3. The molecule has 2 aliphatic rings. The maximum atomic E-state index is 11.7. The van der Waals surface area contributed by atoms with Crippen molar-refractivity contribution in [3.05, 3.63) is 41.4 Å². The zero-order chi connectivity index (χ0) is 25.1. The van der Waals surface area contributed by atoms with Crippen LogP contribution in [-0.4, -0.2) is 47.8 Å². The molecule has 0 atom stereocenters. The van der Waals surface area contributed by atoms with Crippen molar-refractivity contribution < 1.29 is 14.0 Å². The molecule has 1 aromatic carbocycles. The van der Waals surface area contributed by atoms with Crippen molar-refractivity contribution in [2.75, 3.05) is 31.5 Å². The van der Waals surface area contributed by atoms with Crippen LogP contribution >= 0.6 is 0 Å². The van der Waals surface area contributed by atoms with E-state index in [-0.39, 0.29) is 23.2 Å². The van der Waals surface area contributed by atoms with Crippen molar-refractivity contribution in [2.24, 2.45) is 5.73 Å². The summed E-state index contributed by atoms with van der Waals surface area (Å²) in [5, 5.41) is 21.1. The molecule has 2 amide bonds. The summed E-state index contributed by atoms with van der Waals surface area (Å²) in [6, 6.07) is 10.8. The van der Waals surface area contributed by atoms with Gasteiger partial charge < -0.3 is 25.3 Å². The summed E-state index contributed by atoms with van der Waals surface area (Å²) in [7, 11) is 0. The molecule has 2 saturated heterocycles. The summed E-state index contributed by atoms with van der Waals surface area (Å²) < 4.78 is 5.44. The smallest absolute Gasteiger partial charge is 0.242 e. The number of benzene rings is 1. The van der Waals surface area contributed by atoms with Gasteiger partial charge in [0.05, 0.1) is 6.54 Å². The Bertz CT molecular complexity index is 1140. The molecule has 34 heavy (non-hydrogen) atoms. The Morgan fingerprint density at radius 2 is 1.82 bits per heavy atom. The Kier molecular flexibility index (Phi) is 9.56. The maximum absolute atomic E-state index is 11.7. The number of hydrogen-bond donors (Lipinski definition) is 2. The second kappa shape index (κ2) is 12.6. The van der Waals surface area contributed by atoms with E-state index in [2.05, 4.69) is 18.2 Å². The van der Waals surface area contributed by atoms with E-state index in [4.69, 9.17) is 20.7 Å². The van der Waals surface area contributed by atoms with Gasteiger partial charge in [0.25, 0.3) is 0 Å². The Balaban J connectivity index is 0.000000230. The van der Waals surface area contributed by atoms with Crippen LogP contribution in [0.25, 0.3) is 11.0 Å². The third-order valence-corrected chi connectivity index (χ3v) is 5.37. The summed E-state index contributed by atoms with van der Waals surface area (Å²) in [5.74, 6) is 1.12. The monoisotopic (exact) mass is 460 g/mol. The zero-order valence-corrected chi connectivity index (χ0v) is 19.2. The fourth-order valence-corrected chi connectivity index (χ4v) is 3.72. The number of amides is 2. The molecule has 3 N–H and O–H groups in total. The summed E-state index contributed by atoms with van der Waals surface area (Å²) >= 11 is 0. The molecule has 2 aliphatic heterocycles. The number of nitriles is 2. The number of aryl methyl sites for hydroxylation is 1. The van der Waals surface area contributed by atoms with Crippen LogP contribution < -0.4 is 11.1 Å². The molecule has 4 rings (SSSR count). The van der Waals surface area contributed by atoms with Gasteiger partial charge in [-0.3, -0.25) is 9.59 Å². The number of fused-ring (bicyclic) bond motifs is 1. The van der Waals surface area contributed by atoms with Crippen molar-refractivity contribution in [3.8, 4) is 25.0 Å². The molecule has 0 bridgehead atoms. The van der Waals surface area contributed by atoms with Crippen LogP contribution in [0.15, 0.2) is 40.1 Å². The number of anilines is 1. The van der Waals surface area contributed by atoms with E-state index in [1.807, 2.05) is 24.0 Å². The topological polar surface area (TPSA) is 139 Å². The Labute approximate surface area is 199 Å². The number of allylic oxidation sites excluding steroid dienone is 1. The Hall–Kier alpha value is -4.42. The SMILES string of the molecule is C#C.Cc1cc2cc(NC(N)=C(C#N)C#N)ccc2o1.O=C(CN1CCCC1=O)N1CCCC1. The van der Waals surface area contributed by atoms with Crippen LogP contribution in [0.5, 0.6) is 0 Å². The predicted octanol–water partition coefficient (Wildman–Crippen LogP) is 2.85. The summed E-state index contributed by atoms with van der Waals surface area (Å²) in [5.41, 5.74) is 6.96. The molecule has 0 spiro atoms. The number of carbonyl (C=O) groups excluding carboxylic acids is 2. The highest BCUT2D eigenvalue weighted by Crippen LogP contribution is 2.23. The van der Waals surface area contributed by atoms with Gasteiger partial charge in [-0.05, 0) is 50.5 Å². The molecular weight excluding hydrogens is 432 g/mol.